The molecule has 0 radical (unpaired) electrons. The first kappa shape index (κ1) is 15.2. The lowest BCUT2D eigenvalue weighted by Gasteiger charge is -2.22. The summed E-state index contributed by atoms with van der Waals surface area (Å²) in [6, 6.07) is 7.36. The summed E-state index contributed by atoms with van der Waals surface area (Å²) in [5.74, 6) is 0.101. The largest absolute Gasteiger partial charge is 0.348 e. The molecule has 0 saturated carbocycles. The van der Waals surface area contributed by atoms with Crippen LogP contribution >= 0.6 is 15.9 Å². The SMILES string of the molecule is CCC(C)C(N)C(=O)N[C@H](C)c1ccccc1Br. The molecule has 2 unspecified atom stereocenters. The Balaban J connectivity index is 2.68. The minimum Gasteiger partial charge on any atom is -0.348 e. The van der Waals surface area contributed by atoms with Gasteiger partial charge in [-0.05, 0) is 24.5 Å². The summed E-state index contributed by atoms with van der Waals surface area (Å²) < 4.78 is 0.995. The van der Waals surface area contributed by atoms with Gasteiger partial charge in [0.05, 0.1) is 12.1 Å². The lowest BCUT2D eigenvalue weighted by Crippen LogP contribution is -2.45. The van der Waals surface area contributed by atoms with Gasteiger partial charge in [0.25, 0.3) is 0 Å². The molecule has 0 heterocycles. The zero-order valence-corrected chi connectivity index (χ0v) is 12.7. The van der Waals surface area contributed by atoms with E-state index in [1.807, 2.05) is 45.0 Å². The molecule has 3 atom stereocenters. The number of rotatable bonds is 5. The molecule has 0 spiro atoms. The van der Waals surface area contributed by atoms with E-state index in [-0.39, 0.29) is 17.9 Å². The smallest absolute Gasteiger partial charge is 0.237 e. The molecule has 3 nitrogen and oxygen atoms in total. The number of nitrogens with one attached hydrogen (secondary N) is 1. The average Bonchev–Trinajstić information content (AvgIpc) is 2.37. The third-order valence-electron chi connectivity index (χ3n) is 3.29. The molecule has 0 aliphatic heterocycles. The summed E-state index contributed by atoms with van der Waals surface area (Å²) in [6.07, 6.45) is 0.901. The zero-order chi connectivity index (χ0) is 13.7. The van der Waals surface area contributed by atoms with E-state index in [9.17, 15) is 4.79 Å². The normalized spacial score (nSPS) is 15.8. The summed E-state index contributed by atoms with van der Waals surface area (Å²) in [5.41, 5.74) is 6.97. The van der Waals surface area contributed by atoms with Crippen molar-refractivity contribution in [1.29, 1.82) is 0 Å². The third-order valence-corrected chi connectivity index (χ3v) is 4.01. The van der Waals surface area contributed by atoms with Gasteiger partial charge in [0.15, 0.2) is 0 Å². The van der Waals surface area contributed by atoms with E-state index >= 15 is 0 Å². The Morgan fingerprint density at radius 3 is 2.56 bits per heavy atom. The molecular formula is C14H21BrN2O. The Morgan fingerprint density at radius 1 is 1.39 bits per heavy atom. The molecule has 0 saturated heterocycles. The average molecular weight is 313 g/mol. The highest BCUT2D eigenvalue weighted by Gasteiger charge is 2.21. The molecule has 0 bridgehead atoms. The van der Waals surface area contributed by atoms with E-state index in [4.69, 9.17) is 5.73 Å². The topological polar surface area (TPSA) is 55.1 Å². The van der Waals surface area contributed by atoms with Crippen LogP contribution in [0.25, 0.3) is 0 Å². The van der Waals surface area contributed by atoms with E-state index < -0.39 is 6.04 Å². The fourth-order valence-electron chi connectivity index (χ4n) is 1.73. The van der Waals surface area contributed by atoms with Crippen LogP contribution < -0.4 is 11.1 Å². The molecule has 0 aliphatic carbocycles. The summed E-state index contributed by atoms with van der Waals surface area (Å²) in [4.78, 5) is 12.0. The van der Waals surface area contributed by atoms with Crippen molar-refractivity contribution in [2.75, 3.05) is 0 Å². The maximum absolute atomic E-state index is 12.0. The number of halogens is 1. The lowest BCUT2D eigenvalue weighted by molar-refractivity contribution is -0.124. The molecule has 1 amide bonds. The van der Waals surface area contributed by atoms with Gasteiger partial charge in [0.2, 0.25) is 5.91 Å². The van der Waals surface area contributed by atoms with Gasteiger partial charge < -0.3 is 11.1 Å². The number of benzene rings is 1. The van der Waals surface area contributed by atoms with E-state index in [2.05, 4.69) is 21.2 Å². The summed E-state index contributed by atoms with van der Waals surface area (Å²) >= 11 is 3.48. The number of carbonyl (C=O) groups excluding carboxylic acids is 1. The summed E-state index contributed by atoms with van der Waals surface area (Å²) in [5, 5.41) is 2.96. The highest BCUT2D eigenvalue weighted by atomic mass is 79.9. The molecule has 4 heteroatoms. The van der Waals surface area contributed by atoms with E-state index in [1.165, 1.54) is 0 Å². The molecular weight excluding hydrogens is 292 g/mol. The molecule has 0 fully saturated rings. The predicted molar refractivity (Wildman–Crippen MR) is 78.1 cm³/mol. The molecule has 1 rings (SSSR count). The van der Waals surface area contributed by atoms with Gasteiger partial charge in [0, 0.05) is 4.47 Å². The zero-order valence-electron chi connectivity index (χ0n) is 11.1. The van der Waals surface area contributed by atoms with Crippen LogP contribution in [0.3, 0.4) is 0 Å². The molecule has 1 aromatic carbocycles. The van der Waals surface area contributed by atoms with Gasteiger partial charge in [-0.1, -0.05) is 54.4 Å². The first-order valence-corrected chi connectivity index (χ1v) is 7.07. The fraction of sp³-hybridized carbons (Fsp3) is 0.500. The van der Waals surface area contributed by atoms with Crippen molar-refractivity contribution >= 4 is 21.8 Å². The fourth-order valence-corrected chi connectivity index (χ4v) is 2.35. The highest BCUT2D eigenvalue weighted by molar-refractivity contribution is 9.10. The second-order valence-electron chi connectivity index (χ2n) is 4.66. The summed E-state index contributed by atoms with van der Waals surface area (Å²) in [7, 11) is 0. The number of hydrogen-bond donors (Lipinski definition) is 2. The Morgan fingerprint density at radius 2 is 2.00 bits per heavy atom. The Bertz CT molecular complexity index is 409. The van der Waals surface area contributed by atoms with Crippen LogP contribution in [0.4, 0.5) is 0 Å². The monoisotopic (exact) mass is 312 g/mol. The van der Waals surface area contributed by atoms with Gasteiger partial charge in [-0.3, -0.25) is 4.79 Å². The van der Waals surface area contributed by atoms with Crippen LogP contribution in [0.15, 0.2) is 28.7 Å². The van der Waals surface area contributed by atoms with Gasteiger partial charge in [-0.25, -0.2) is 0 Å². The van der Waals surface area contributed by atoms with Crippen LogP contribution in [-0.2, 0) is 4.79 Å². The Hall–Kier alpha value is -0.870. The standard InChI is InChI=1S/C14H21BrN2O/c1-4-9(2)13(16)14(18)17-10(3)11-7-5-6-8-12(11)15/h5-10,13H,4,16H2,1-3H3,(H,17,18)/t9?,10-,13?/m1/s1. The van der Waals surface area contributed by atoms with Gasteiger partial charge in [-0.2, -0.15) is 0 Å². The quantitative estimate of drug-likeness (QED) is 0.878. The maximum Gasteiger partial charge on any atom is 0.237 e. The van der Waals surface area contributed by atoms with Crippen molar-refractivity contribution in [1.82, 2.24) is 5.32 Å². The van der Waals surface area contributed by atoms with Crippen molar-refractivity contribution in [3.05, 3.63) is 34.3 Å². The second kappa shape index (κ2) is 6.90. The van der Waals surface area contributed by atoms with Gasteiger partial charge in [-0.15, -0.1) is 0 Å². The molecule has 100 valence electrons. The second-order valence-corrected chi connectivity index (χ2v) is 5.52. The molecule has 18 heavy (non-hydrogen) atoms. The van der Waals surface area contributed by atoms with Gasteiger partial charge >= 0.3 is 0 Å². The van der Waals surface area contributed by atoms with Crippen LogP contribution in [0.2, 0.25) is 0 Å². The number of nitrogens with two attached hydrogens (primary N) is 1. The van der Waals surface area contributed by atoms with Crippen LogP contribution in [-0.4, -0.2) is 11.9 Å². The van der Waals surface area contributed by atoms with Crippen molar-refractivity contribution in [3.8, 4) is 0 Å². The minimum absolute atomic E-state index is 0.0526. The van der Waals surface area contributed by atoms with E-state index in [0.717, 1.165) is 16.5 Å². The van der Waals surface area contributed by atoms with E-state index in [1.54, 1.807) is 0 Å². The van der Waals surface area contributed by atoms with Crippen LogP contribution in [0.1, 0.15) is 38.8 Å². The first-order valence-electron chi connectivity index (χ1n) is 6.27. The van der Waals surface area contributed by atoms with Crippen molar-refractivity contribution in [3.63, 3.8) is 0 Å². The predicted octanol–water partition coefficient (Wildman–Crippen LogP) is 3.00. The summed E-state index contributed by atoms with van der Waals surface area (Å²) in [6.45, 7) is 5.99. The lowest BCUT2D eigenvalue weighted by atomic mass is 9.98. The highest BCUT2D eigenvalue weighted by Crippen LogP contribution is 2.22. The van der Waals surface area contributed by atoms with Crippen molar-refractivity contribution in [2.24, 2.45) is 11.7 Å². The van der Waals surface area contributed by atoms with E-state index in [0.29, 0.717) is 0 Å². The number of amides is 1. The van der Waals surface area contributed by atoms with Crippen molar-refractivity contribution < 1.29 is 4.79 Å². The van der Waals surface area contributed by atoms with Gasteiger partial charge in [0.1, 0.15) is 0 Å². The maximum atomic E-state index is 12.0. The minimum atomic E-state index is -0.445. The molecule has 1 aromatic rings. The molecule has 0 aliphatic rings. The number of carbonyl (C=O) groups is 1. The van der Waals surface area contributed by atoms with Crippen LogP contribution in [0.5, 0.6) is 0 Å². The molecule has 3 N–H and O–H groups in total. The Kier molecular flexibility index (Phi) is 5.82. The van der Waals surface area contributed by atoms with Crippen molar-refractivity contribution in [2.45, 2.75) is 39.3 Å². The first-order chi connectivity index (χ1) is 8.47. The van der Waals surface area contributed by atoms with Crippen LogP contribution in [0, 0.1) is 5.92 Å². The molecule has 0 aromatic heterocycles. The Labute approximate surface area is 117 Å². The number of hydrogen-bond acceptors (Lipinski definition) is 2. The third kappa shape index (κ3) is 3.82.